The van der Waals surface area contributed by atoms with Crippen molar-refractivity contribution < 1.29 is 9.84 Å². The summed E-state index contributed by atoms with van der Waals surface area (Å²) in [6.07, 6.45) is 0.571. The van der Waals surface area contributed by atoms with Gasteiger partial charge in [0, 0.05) is 28.9 Å². The smallest absolute Gasteiger partial charge is 0.119 e. The number of aliphatic hydroxyl groups is 1. The Bertz CT molecular complexity index is 570. The van der Waals surface area contributed by atoms with E-state index in [1.807, 2.05) is 41.7 Å². The number of hydrogen-bond acceptors (Lipinski definition) is 4. The molecule has 1 heterocycles. The van der Waals surface area contributed by atoms with E-state index in [0.29, 0.717) is 19.2 Å². The predicted molar refractivity (Wildman–Crippen MR) is 97.2 cm³/mol. The normalized spacial score (nSPS) is 14.0. The third-order valence-electron chi connectivity index (χ3n) is 4.00. The third kappa shape index (κ3) is 5.98. The van der Waals surface area contributed by atoms with Crippen LogP contribution in [0.25, 0.3) is 0 Å². The number of ether oxygens (including phenoxy) is 1. The summed E-state index contributed by atoms with van der Waals surface area (Å²) >= 11 is 1.83. The van der Waals surface area contributed by atoms with Crippen LogP contribution in [0.3, 0.4) is 0 Å². The van der Waals surface area contributed by atoms with Crippen LogP contribution in [0.2, 0.25) is 0 Å². The lowest BCUT2D eigenvalue weighted by molar-refractivity contribution is 0.0510. The van der Waals surface area contributed by atoms with E-state index in [1.54, 1.807) is 0 Å². The number of hydrogen-bond donors (Lipinski definition) is 1. The standard InChI is InChI=1S/C19H27NO2S/c1-4-15(2)20(13-19-11-10-16(3)23-19)12-17(21)14-22-18-8-6-5-7-9-18/h5-11,15,17,21H,4,12-14H2,1-3H3/t15-,17+/m0/s1. The van der Waals surface area contributed by atoms with Crippen LogP contribution in [-0.2, 0) is 6.54 Å². The van der Waals surface area contributed by atoms with Crippen molar-refractivity contribution in [2.75, 3.05) is 13.2 Å². The second-order valence-corrected chi connectivity index (χ2v) is 7.35. The highest BCUT2D eigenvalue weighted by molar-refractivity contribution is 7.11. The summed E-state index contributed by atoms with van der Waals surface area (Å²) < 4.78 is 5.66. The number of para-hydroxylation sites is 1. The van der Waals surface area contributed by atoms with Crippen molar-refractivity contribution in [1.82, 2.24) is 4.90 Å². The first-order chi connectivity index (χ1) is 11.1. The topological polar surface area (TPSA) is 32.7 Å². The van der Waals surface area contributed by atoms with E-state index in [-0.39, 0.29) is 0 Å². The minimum atomic E-state index is -0.495. The summed E-state index contributed by atoms with van der Waals surface area (Å²) in [5.41, 5.74) is 0. The Hall–Kier alpha value is -1.36. The van der Waals surface area contributed by atoms with Gasteiger partial charge in [0.2, 0.25) is 0 Å². The van der Waals surface area contributed by atoms with Gasteiger partial charge in [0.05, 0.1) is 0 Å². The summed E-state index contributed by atoms with van der Waals surface area (Å²) in [5, 5.41) is 10.3. The molecule has 0 bridgehead atoms. The second-order valence-electron chi connectivity index (χ2n) is 5.98. The van der Waals surface area contributed by atoms with E-state index in [0.717, 1.165) is 18.7 Å². The summed E-state index contributed by atoms with van der Waals surface area (Å²) in [7, 11) is 0. The quantitative estimate of drug-likeness (QED) is 0.750. The number of nitrogens with zero attached hydrogens (tertiary/aromatic N) is 1. The Morgan fingerprint density at radius 2 is 1.91 bits per heavy atom. The Kier molecular flexibility index (Phi) is 7.09. The summed E-state index contributed by atoms with van der Waals surface area (Å²) in [6.45, 7) is 8.36. The fourth-order valence-corrected chi connectivity index (χ4v) is 3.38. The molecule has 126 valence electrons. The zero-order valence-corrected chi connectivity index (χ0v) is 15.1. The molecule has 0 amide bonds. The Labute approximate surface area is 143 Å². The van der Waals surface area contributed by atoms with Crippen LogP contribution in [0.4, 0.5) is 0 Å². The molecule has 0 saturated carbocycles. The van der Waals surface area contributed by atoms with Crippen molar-refractivity contribution in [2.24, 2.45) is 0 Å². The molecule has 0 aliphatic rings. The highest BCUT2D eigenvalue weighted by Crippen LogP contribution is 2.19. The van der Waals surface area contributed by atoms with Crippen LogP contribution in [0.15, 0.2) is 42.5 Å². The number of aryl methyl sites for hydroxylation is 1. The van der Waals surface area contributed by atoms with Gasteiger partial charge in [-0.2, -0.15) is 0 Å². The van der Waals surface area contributed by atoms with Gasteiger partial charge in [0.25, 0.3) is 0 Å². The zero-order chi connectivity index (χ0) is 16.7. The molecule has 0 unspecified atom stereocenters. The number of rotatable bonds is 9. The molecule has 0 spiro atoms. The number of benzene rings is 1. The molecule has 23 heavy (non-hydrogen) atoms. The molecule has 0 saturated heterocycles. The maximum Gasteiger partial charge on any atom is 0.119 e. The van der Waals surface area contributed by atoms with Crippen LogP contribution in [0, 0.1) is 6.92 Å². The fraction of sp³-hybridized carbons (Fsp3) is 0.474. The van der Waals surface area contributed by atoms with Gasteiger partial charge < -0.3 is 9.84 Å². The zero-order valence-electron chi connectivity index (χ0n) is 14.2. The largest absolute Gasteiger partial charge is 0.491 e. The van der Waals surface area contributed by atoms with Gasteiger partial charge in [0.15, 0.2) is 0 Å². The molecule has 0 radical (unpaired) electrons. The van der Waals surface area contributed by atoms with E-state index in [9.17, 15) is 5.11 Å². The lowest BCUT2D eigenvalue weighted by Crippen LogP contribution is -2.40. The van der Waals surface area contributed by atoms with E-state index in [4.69, 9.17) is 4.74 Å². The molecule has 0 aliphatic carbocycles. The molecule has 2 rings (SSSR count). The highest BCUT2D eigenvalue weighted by Gasteiger charge is 2.18. The van der Waals surface area contributed by atoms with Crippen LogP contribution >= 0.6 is 11.3 Å². The monoisotopic (exact) mass is 333 g/mol. The summed E-state index contributed by atoms with van der Waals surface area (Å²) in [5.74, 6) is 0.801. The van der Waals surface area contributed by atoms with Crippen LogP contribution in [0.5, 0.6) is 5.75 Å². The van der Waals surface area contributed by atoms with Crippen LogP contribution in [-0.4, -0.2) is 35.3 Å². The molecular weight excluding hydrogens is 306 g/mol. The maximum absolute atomic E-state index is 10.3. The third-order valence-corrected chi connectivity index (χ3v) is 4.99. The first kappa shape index (κ1) is 18.0. The molecule has 3 nitrogen and oxygen atoms in total. The average Bonchev–Trinajstić information content (AvgIpc) is 2.97. The van der Waals surface area contributed by atoms with Gasteiger partial charge in [-0.1, -0.05) is 25.1 Å². The lowest BCUT2D eigenvalue weighted by Gasteiger charge is -2.30. The van der Waals surface area contributed by atoms with E-state index >= 15 is 0 Å². The predicted octanol–water partition coefficient (Wildman–Crippen LogP) is 4.10. The van der Waals surface area contributed by atoms with Crippen molar-refractivity contribution >= 4 is 11.3 Å². The molecule has 0 aliphatic heterocycles. The minimum Gasteiger partial charge on any atom is -0.491 e. The van der Waals surface area contributed by atoms with Crippen molar-refractivity contribution in [3.63, 3.8) is 0 Å². The first-order valence-corrected chi connectivity index (χ1v) is 9.05. The molecule has 1 N–H and O–H groups in total. The molecule has 2 aromatic rings. The van der Waals surface area contributed by atoms with Gasteiger partial charge in [-0.25, -0.2) is 0 Å². The van der Waals surface area contributed by atoms with Gasteiger partial charge in [0.1, 0.15) is 18.5 Å². The lowest BCUT2D eigenvalue weighted by atomic mass is 10.2. The molecule has 4 heteroatoms. The molecule has 2 atom stereocenters. The molecule has 1 aromatic carbocycles. The Morgan fingerprint density at radius 1 is 1.17 bits per heavy atom. The summed E-state index contributed by atoms with van der Waals surface area (Å²) in [6, 6.07) is 14.4. The Morgan fingerprint density at radius 3 is 2.52 bits per heavy atom. The molecular formula is C19H27NO2S. The molecule has 0 fully saturated rings. The van der Waals surface area contributed by atoms with E-state index in [2.05, 4.69) is 37.8 Å². The minimum absolute atomic E-state index is 0.320. The van der Waals surface area contributed by atoms with E-state index in [1.165, 1.54) is 9.75 Å². The summed E-state index contributed by atoms with van der Waals surface area (Å²) in [4.78, 5) is 5.01. The van der Waals surface area contributed by atoms with Crippen molar-refractivity contribution in [2.45, 2.75) is 45.9 Å². The van der Waals surface area contributed by atoms with Gasteiger partial charge in [-0.3, -0.25) is 4.90 Å². The average molecular weight is 333 g/mol. The SMILES string of the molecule is CC[C@H](C)N(Cc1ccc(C)s1)C[C@@H](O)COc1ccccc1. The fourth-order valence-electron chi connectivity index (χ4n) is 2.46. The van der Waals surface area contributed by atoms with Crippen molar-refractivity contribution in [3.05, 3.63) is 52.2 Å². The van der Waals surface area contributed by atoms with Crippen LogP contribution in [0.1, 0.15) is 30.0 Å². The highest BCUT2D eigenvalue weighted by atomic mass is 32.1. The Balaban J connectivity index is 1.88. The number of thiophene rings is 1. The van der Waals surface area contributed by atoms with E-state index < -0.39 is 6.10 Å². The molecule has 1 aromatic heterocycles. The van der Waals surface area contributed by atoms with Gasteiger partial charge >= 0.3 is 0 Å². The first-order valence-electron chi connectivity index (χ1n) is 8.23. The number of aliphatic hydroxyl groups excluding tert-OH is 1. The second kappa shape index (κ2) is 9.06. The van der Waals surface area contributed by atoms with Crippen molar-refractivity contribution in [3.8, 4) is 5.75 Å². The van der Waals surface area contributed by atoms with Gasteiger partial charge in [-0.05, 0) is 44.5 Å². The maximum atomic E-state index is 10.3. The van der Waals surface area contributed by atoms with Gasteiger partial charge in [-0.15, -0.1) is 11.3 Å². The van der Waals surface area contributed by atoms with Crippen LogP contribution < -0.4 is 4.74 Å². The van der Waals surface area contributed by atoms with Crippen molar-refractivity contribution in [1.29, 1.82) is 0 Å².